The van der Waals surface area contributed by atoms with Crippen molar-refractivity contribution in [2.45, 2.75) is 19.6 Å². The molecule has 1 aliphatic heterocycles. The predicted molar refractivity (Wildman–Crippen MR) is 114 cm³/mol. The number of hydrogen-bond acceptors (Lipinski definition) is 6. The van der Waals surface area contributed by atoms with Crippen molar-refractivity contribution in [3.63, 3.8) is 0 Å². The summed E-state index contributed by atoms with van der Waals surface area (Å²) in [5.41, 5.74) is 0.0841. The molecular formula is C22H20N2O5S. The van der Waals surface area contributed by atoms with E-state index in [-0.39, 0.29) is 22.8 Å². The number of rotatable bonds is 4. The molecule has 1 saturated heterocycles. The lowest BCUT2D eigenvalue weighted by Crippen LogP contribution is -2.19. The molecule has 0 atom stereocenters. The summed E-state index contributed by atoms with van der Waals surface area (Å²) in [6, 6.07) is 16.4. The van der Waals surface area contributed by atoms with Crippen LogP contribution in [0.3, 0.4) is 0 Å². The van der Waals surface area contributed by atoms with E-state index in [0.717, 1.165) is 0 Å². The van der Waals surface area contributed by atoms with E-state index in [1.807, 2.05) is 30.3 Å². The van der Waals surface area contributed by atoms with E-state index in [9.17, 15) is 9.90 Å². The molecule has 2 heterocycles. The van der Waals surface area contributed by atoms with Crippen LogP contribution in [0.15, 0.2) is 65.2 Å². The Balaban J connectivity index is 1.68. The summed E-state index contributed by atoms with van der Waals surface area (Å²) < 4.78 is 18.3. The van der Waals surface area contributed by atoms with Crippen molar-refractivity contribution in [1.29, 1.82) is 0 Å². The van der Waals surface area contributed by atoms with E-state index in [1.54, 1.807) is 38.1 Å². The normalized spacial score (nSPS) is 16.4. The van der Waals surface area contributed by atoms with Gasteiger partial charge in [-0.05, 0) is 54.7 Å². The lowest BCUT2D eigenvalue weighted by Gasteiger charge is -2.15. The van der Waals surface area contributed by atoms with Crippen LogP contribution in [-0.4, -0.2) is 27.1 Å². The van der Waals surface area contributed by atoms with E-state index < -0.39 is 11.3 Å². The summed E-state index contributed by atoms with van der Waals surface area (Å²) >= 11 is 5.27. The van der Waals surface area contributed by atoms with Crippen LogP contribution in [0.4, 0.5) is 0 Å². The van der Waals surface area contributed by atoms with Gasteiger partial charge in [-0.25, -0.2) is 0 Å². The van der Waals surface area contributed by atoms with Crippen LogP contribution in [0.5, 0.6) is 17.4 Å². The fraction of sp³-hybridized carbons (Fsp3) is 0.182. The lowest BCUT2D eigenvalue weighted by molar-refractivity contribution is -0.116. The largest absolute Gasteiger partial charge is 0.494 e. The molecular weight excluding hydrogens is 404 g/mol. The molecule has 8 heteroatoms. The molecule has 2 N–H and O–H groups in total. The van der Waals surface area contributed by atoms with E-state index in [1.165, 1.54) is 10.6 Å². The van der Waals surface area contributed by atoms with Crippen molar-refractivity contribution in [2.75, 3.05) is 6.61 Å². The number of nitrogens with zero attached hydrogens (tertiary/aromatic N) is 1. The van der Waals surface area contributed by atoms with Gasteiger partial charge in [-0.3, -0.25) is 14.3 Å². The molecule has 4 rings (SSSR count). The molecule has 0 bridgehead atoms. The van der Waals surface area contributed by atoms with Gasteiger partial charge in [-0.15, -0.1) is 0 Å². The third kappa shape index (κ3) is 4.14. The summed E-state index contributed by atoms with van der Waals surface area (Å²) in [6.07, 6.45) is 1.46. The Morgan fingerprint density at radius 2 is 1.80 bits per heavy atom. The Morgan fingerprint density at radius 1 is 1.13 bits per heavy atom. The highest BCUT2D eigenvalue weighted by Gasteiger charge is 2.29. The number of aromatic amines is 1. The minimum Gasteiger partial charge on any atom is -0.494 e. The molecule has 0 unspecified atom stereocenters. The zero-order chi connectivity index (χ0) is 21.3. The monoisotopic (exact) mass is 424 g/mol. The molecule has 154 valence electrons. The number of H-pyrrole nitrogens is 1. The Labute approximate surface area is 177 Å². The molecule has 0 amide bonds. The lowest BCUT2D eigenvalue weighted by atomic mass is 10.2. The smallest absolute Gasteiger partial charge is 0.262 e. The molecule has 7 nitrogen and oxygen atoms in total. The minimum absolute atomic E-state index is 0.0320. The zero-order valence-electron chi connectivity index (χ0n) is 16.4. The fourth-order valence-corrected chi connectivity index (χ4v) is 3.33. The topological polar surface area (TPSA) is 85.7 Å². The second kappa shape index (κ2) is 7.81. The minimum atomic E-state index is -0.781. The first kappa shape index (κ1) is 19.9. The molecule has 3 aromatic rings. The van der Waals surface area contributed by atoms with Crippen molar-refractivity contribution < 1.29 is 19.3 Å². The van der Waals surface area contributed by atoms with Crippen molar-refractivity contribution in [3.8, 4) is 23.1 Å². The maximum absolute atomic E-state index is 12.4. The van der Waals surface area contributed by atoms with Crippen LogP contribution in [0.25, 0.3) is 11.8 Å². The number of hydrogen-bond donors (Lipinski definition) is 2. The average Bonchev–Trinajstić information content (AvgIpc) is 3.05. The molecule has 30 heavy (non-hydrogen) atoms. The molecule has 0 aliphatic carbocycles. The van der Waals surface area contributed by atoms with Crippen LogP contribution in [-0.2, 0) is 9.47 Å². The number of ether oxygens (including phenoxy) is 3. The Hall–Kier alpha value is -3.36. The van der Waals surface area contributed by atoms with Gasteiger partial charge < -0.3 is 19.3 Å². The van der Waals surface area contributed by atoms with Crippen molar-refractivity contribution in [1.82, 2.24) is 9.55 Å². The highest BCUT2D eigenvalue weighted by molar-refractivity contribution is 7.71. The molecule has 0 spiro atoms. The van der Waals surface area contributed by atoms with Crippen molar-refractivity contribution in [3.05, 3.63) is 81.0 Å². The number of aromatic nitrogens is 2. The van der Waals surface area contributed by atoms with Gasteiger partial charge in [0, 0.05) is 13.8 Å². The maximum Gasteiger partial charge on any atom is 0.262 e. The third-order valence-corrected chi connectivity index (χ3v) is 4.72. The van der Waals surface area contributed by atoms with Crippen molar-refractivity contribution in [2.24, 2.45) is 0 Å². The summed E-state index contributed by atoms with van der Waals surface area (Å²) in [5.74, 6) is 0.708. The Bertz CT molecular complexity index is 1210. The van der Waals surface area contributed by atoms with E-state index in [4.69, 9.17) is 26.4 Å². The second-order valence-corrected chi connectivity index (χ2v) is 7.53. The first-order valence-corrected chi connectivity index (χ1v) is 9.68. The second-order valence-electron chi connectivity index (χ2n) is 7.14. The van der Waals surface area contributed by atoms with Gasteiger partial charge in [0.15, 0.2) is 4.77 Å². The van der Waals surface area contributed by atoms with Gasteiger partial charge >= 0.3 is 0 Å². The molecule has 1 aliphatic rings. The third-order valence-electron chi connectivity index (χ3n) is 4.44. The predicted octanol–water partition coefficient (Wildman–Crippen LogP) is 4.52. The number of nitrogens with one attached hydrogen (secondary N) is 1. The average molecular weight is 424 g/mol. The van der Waals surface area contributed by atoms with Gasteiger partial charge in [-0.1, -0.05) is 18.2 Å². The van der Waals surface area contributed by atoms with Crippen LogP contribution < -0.4 is 10.3 Å². The quantitative estimate of drug-likeness (QED) is 0.599. The molecule has 0 saturated carbocycles. The van der Waals surface area contributed by atoms with Gasteiger partial charge in [0.25, 0.3) is 5.56 Å². The van der Waals surface area contributed by atoms with E-state index in [0.29, 0.717) is 22.9 Å². The van der Waals surface area contributed by atoms with Crippen LogP contribution in [0, 0.1) is 4.77 Å². The van der Waals surface area contributed by atoms with Crippen LogP contribution in [0.1, 0.15) is 19.4 Å². The first-order valence-electron chi connectivity index (χ1n) is 9.27. The summed E-state index contributed by atoms with van der Waals surface area (Å²) in [4.78, 5) is 15.0. The van der Waals surface area contributed by atoms with Gasteiger partial charge in [0.2, 0.25) is 11.7 Å². The first-order chi connectivity index (χ1) is 14.3. The highest BCUT2D eigenvalue weighted by Crippen LogP contribution is 2.29. The molecule has 1 fully saturated rings. The standard InChI is InChI=1S/C22H20N2O5S/c1-22(2)27-13-17(29-22)12-18-19(25)23-21(30)24(20(18)26)14-8-10-16(11-9-14)28-15-6-4-3-5-7-15/h3-12,26H,13H2,1-2H3,(H,23,25,30). The Kier molecular flexibility index (Phi) is 5.19. The van der Waals surface area contributed by atoms with Crippen LogP contribution >= 0.6 is 12.2 Å². The fourth-order valence-electron chi connectivity index (χ4n) is 3.05. The number of benzene rings is 2. The van der Waals surface area contributed by atoms with Crippen LogP contribution in [0.2, 0.25) is 0 Å². The molecule has 1 aromatic heterocycles. The highest BCUT2D eigenvalue weighted by atomic mass is 32.1. The van der Waals surface area contributed by atoms with E-state index >= 15 is 0 Å². The Morgan fingerprint density at radius 3 is 2.43 bits per heavy atom. The van der Waals surface area contributed by atoms with Crippen molar-refractivity contribution >= 4 is 18.3 Å². The molecule has 0 radical (unpaired) electrons. The van der Waals surface area contributed by atoms with Gasteiger partial charge in [0.1, 0.15) is 29.4 Å². The SMILES string of the molecule is CC1(C)OCC(=Cc2c(O)n(-c3ccc(Oc4ccccc4)cc3)c(=S)[nH]c2=O)O1. The summed E-state index contributed by atoms with van der Waals surface area (Å²) in [5, 5.41) is 10.8. The summed E-state index contributed by atoms with van der Waals surface area (Å²) in [6.45, 7) is 3.74. The van der Waals surface area contributed by atoms with E-state index in [2.05, 4.69) is 4.98 Å². The van der Waals surface area contributed by atoms with Gasteiger partial charge in [0.05, 0.1) is 5.69 Å². The molecule has 2 aromatic carbocycles. The number of para-hydroxylation sites is 1. The maximum atomic E-state index is 12.4. The zero-order valence-corrected chi connectivity index (χ0v) is 17.2. The van der Waals surface area contributed by atoms with Gasteiger partial charge in [-0.2, -0.15) is 0 Å². The summed E-state index contributed by atoms with van der Waals surface area (Å²) in [7, 11) is 0. The number of aromatic hydroxyl groups is 1.